The second-order valence-corrected chi connectivity index (χ2v) is 7.65. The van der Waals surface area contributed by atoms with Crippen LogP contribution < -0.4 is 0 Å². The summed E-state index contributed by atoms with van der Waals surface area (Å²) in [5.74, 6) is -0.412. The molecule has 0 aliphatic rings. The molecular weight excluding hydrogens is 392 g/mol. The van der Waals surface area contributed by atoms with Crippen LogP contribution in [-0.4, -0.2) is 35.3 Å². The lowest BCUT2D eigenvalue weighted by atomic mass is 9.94. The number of carbonyl (C=O) groups is 3. The van der Waals surface area contributed by atoms with E-state index in [2.05, 4.69) is 4.98 Å². The maximum atomic E-state index is 12.2. The van der Waals surface area contributed by atoms with E-state index >= 15 is 0 Å². The molecule has 0 aliphatic heterocycles. The van der Waals surface area contributed by atoms with Gasteiger partial charge in [0.05, 0.1) is 18.4 Å². The number of carbonyl (C=O) groups excluding carboxylic acids is 3. The number of ether oxygens (including phenoxy) is 1. The zero-order valence-corrected chi connectivity index (χ0v) is 19.3. The van der Waals surface area contributed by atoms with Crippen molar-refractivity contribution in [3.05, 3.63) is 63.6 Å². The zero-order valence-electron chi connectivity index (χ0n) is 19.3. The summed E-state index contributed by atoms with van der Waals surface area (Å²) in [6, 6.07) is 7.14. The predicted octanol–water partition coefficient (Wildman–Crippen LogP) is 5.23. The monoisotopic (exact) mass is 422 g/mol. The molecule has 1 aromatic heterocycles. The minimum Gasteiger partial charge on any atom is -0.465 e. The van der Waals surface area contributed by atoms with Gasteiger partial charge in [-0.05, 0) is 64.3 Å². The highest BCUT2D eigenvalue weighted by Crippen LogP contribution is 2.34. The number of hydrogen-bond donors (Lipinski definition) is 1. The van der Waals surface area contributed by atoms with Gasteiger partial charge in [0.25, 0.3) is 0 Å². The van der Waals surface area contributed by atoms with Crippen LogP contribution in [0.1, 0.15) is 83.8 Å². The Balaban J connectivity index is 2.87. The Morgan fingerprint density at radius 3 is 2.23 bits per heavy atom. The van der Waals surface area contributed by atoms with Crippen LogP contribution in [0.2, 0.25) is 0 Å². The maximum Gasteiger partial charge on any atom is 0.337 e. The molecule has 1 N–H and O–H groups in total. The number of aliphatic imine (C=N–C) groups is 1. The summed E-state index contributed by atoms with van der Waals surface area (Å²) in [5.41, 5.74) is 6.50. The van der Waals surface area contributed by atoms with Crippen molar-refractivity contribution in [3.8, 4) is 0 Å². The third-order valence-electron chi connectivity index (χ3n) is 5.07. The van der Waals surface area contributed by atoms with Crippen molar-refractivity contribution in [2.75, 3.05) is 7.11 Å². The molecule has 0 spiro atoms. The Labute approximate surface area is 183 Å². The number of nitrogens with zero attached hydrogens (tertiary/aromatic N) is 1. The first-order valence-corrected chi connectivity index (χ1v) is 10.3. The number of benzene rings is 1. The lowest BCUT2D eigenvalue weighted by Gasteiger charge is -2.14. The second-order valence-electron chi connectivity index (χ2n) is 7.65. The molecular formula is C25H30N2O4. The Bertz CT molecular complexity index is 1090. The van der Waals surface area contributed by atoms with E-state index in [-0.39, 0.29) is 18.0 Å². The van der Waals surface area contributed by atoms with Crippen LogP contribution in [0.4, 0.5) is 0 Å². The van der Waals surface area contributed by atoms with Gasteiger partial charge in [-0.25, -0.2) is 4.79 Å². The summed E-state index contributed by atoms with van der Waals surface area (Å²) in [6.45, 7) is 10.7. The van der Waals surface area contributed by atoms with Crippen LogP contribution in [0.3, 0.4) is 0 Å². The van der Waals surface area contributed by atoms with Crippen LogP contribution in [0.5, 0.6) is 0 Å². The van der Waals surface area contributed by atoms with E-state index in [0.717, 1.165) is 33.8 Å². The van der Waals surface area contributed by atoms with Crippen molar-refractivity contribution in [2.45, 2.75) is 54.4 Å². The standard InChI is InChI=1S/C25H30N2O4/c1-8-21(26-14(2)12-15(3)28)23(19-10-9-11-20(13-19)25(30)31-7)24-16(4)22(18(6)29)17(5)27-24/h9-11,13,27H,8,12H2,1-7H3/b23-21-,26-14?. The van der Waals surface area contributed by atoms with E-state index in [1.807, 2.05) is 33.8 Å². The van der Waals surface area contributed by atoms with Crippen molar-refractivity contribution in [1.29, 1.82) is 0 Å². The van der Waals surface area contributed by atoms with Gasteiger partial charge in [0, 0.05) is 34.7 Å². The van der Waals surface area contributed by atoms with Crippen LogP contribution >= 0.6 is 0 Å². The Morgan fingerprint density at radius 2 is 1.71 bits per heavy atom. The number of aromatic nitrogens is 1. The fourth-order valence-corrected chi connectivity index (χ4v) is 3.84. The largest absolute Gasteiger partial charge is 0.465 e. The molecule has 2 aromatic rings. The number of Topliss-reactive ketones (excluding diaryl/α,β-unsaturated/α-hetero) is 2. The van der Waals surface area contributed by atoms with Crippen molar-refractivity contribution >= 4 is 28.8 Å². The molecule has 0 unspecified atom stereocenters. The van der Waals surface area contributed by atoms with Crippen molar-refractivity contribution < 1.29 is 19.1 Å². The maximum absolute atomic E-state index is 12.2. The van der Waals surface area contributed by atoms with Crippen LogP contribution in [0.15, 0.2) is 35.0 Å². The average Bonchev–Trinajstić information content (AvgIpc) is 3.00. The first-order chi connectivity index (χ1) is 14.6. The number of aryl methyl sites for hydroxylation is 1. The van der Waals surface area contributed by atoms with Gasteiger partial charge in [0.1, 0.15) is 5.78 Å². The van der Waals surface area contributed by atoms with E-state index < -0.39 is 5.97 Å². The van der Waals surface area contributed by atoms with Crippen LogP contribution in [0.25, 0.3) is 5.57 Å². The van der Waals surface area contributed by atoms with Crippen LogP contribution in [-0.2, 0) is 9.53 Å². The van der Waals surface area contributed by atoms with E-state index in [4.69, 9.17) is 9.73 Å². The number of aromatic amines is 1. The molecule has 6 heteroatoms. The normalized spacial score (nSPS) is 12.4. The number of rotatable bonds is 8. The van der Waals surface area contributed by atoms with E-state index in [1.165, 1.54) is 14.0 Å². The highest BCUT2D eigenvalue weighted by molar-refractivity contribution is 6.02. The SMILES string of the molecule is CC/C(N=C(C)CC(C)=O)=C(\c1cccc(C(=O)OC)c1)c1[nH]c(C)c(C(C)=O)c1C. The molecule has 0 aliphatic carbocycles. The van der Waals surface area contributed by atoms with Gasteiger partial charge in [0.2, 0.25) is 0 Å². The number of ketones is 2. The lowest BCUT2D eigenvalue weighted by Crippen LogP contribution is -2.05. The number of esters is 1. The molecule has 31 heavy (non-hydrogen) atoms. The minimum absolute atomic E-state index is 0.0190. The van der Waals surface area contributed by atoms with Gasteiger partial charge >= 0.3 is 5.97 Å². The van der Waals surface area contributed by atoms with Crippen molar-refractivity contribution in [3.63, 3.8) is 0 Å². The molecule has 0 bridgehead atoms. The Hall–Kier alpha value is -3.28. The van der Waals surface area contributed by atoms with Gasteiger partial charge in [0.15, 0.2) is 5.78 Å². The molecule has 1 aromatic carbocycles. The molecule has 2 rings (SSSR count). The first-order valence-electron chi connectivity index (χ1n) is 10.3. The summed E-state index contributed by atoms with van der Waals surface area (Å²) >= 11 is 0. The molecule has 0 fully saturated rings. The van der Waals surface area contributed by atoms with E-state index in [9.17, 15) is 14.4 Å². The summed E-state index contributed by atoms with van der Waals surface area (Å²) in [4.78, 5) is 44.0. The summed E-state index contributed by atoms with van der Waals surface area (Å²) in [5, 5.41) is 0. The fourth-order valence-electron chi connectivity index (χ4n) is 3.84. The predicted molar refractivity (Wildman–Crippen MR) is 123 cm³/mol. The minimum atomic E-state index is -0.431. The second kappa shape index (κ2) is 10.2. The number of methoxy groups -OCH3 is 1. The third kappa shape index (κ3) is 5.45. The highest BCUT2D eigenvalue weighted by Gasteiger charge is 2.22. The van der Waals surface area contributed by atoms with Gasteiger partial charge in [-0.2, -0.15) is 0 Å². The van der Waals surface area contributed by atoms with Crippen molar-refractivity contribution in [1.82, 2.24) is 4.98 Å². The smallest absolute Gasteiger partial charge is 0.337 e. The quantitative estimate of drug-likeness (QED) is 0.358. The van der Waals surface area contributed by atoms with Crippen molar-refractivity contribution in [2.24, 2.45) is 4.99 Å². The lowest BCUT2D eigenvalue weighted by molar-refractivity contribution is -0.115. The fraction of sp³-hybridized carbons (Fsp3) is 0.360. The highest BCUT2D eigenvalue weighted by atomic mass is 16.5. The Kier molecular flexibility index (Phi) is 7.86. The number of nitrogens with one attached hydrogen (secondary N) is 1. The molecule has 0 radical (unpaired) electrons. The number of hydrogen-bond acceptors (Lipinski definition) is 5. The Morgan fingerprint density at radius 1 is 1.06 bits per heavy atom. The summed E-state index contributed by atoms with van der Waals surface area (Å²) in [7, 11) is 1.34. The van der Waals surface area contributed by atoms with Crippen LogP contribution in [0, 0.1) is 13.8 Å². The molecule has 0 atom stereocenters. The molecule has 1 heterocycles. The molecule has 6 nitrogen and oxygen atoms in total. The van der Waals surface area contributed by atoms with Gasteiger partial charge in [-0.15, -0.1) is 0 Å². The summed E-state index contributed by atoms with van der Waals surface area (Å²) in [6.07, 6.45) is 0.861. The molecule has 164 valence electrons. The number of H-pyrrole nitrogens is 1. The third-order valence-corrected chi connectivity index (χ3v) is 5.07. The van der Waals surface area contributed by atoms with Gasteiger partial charge in [-0.3, -0.25) is 14.6 Å². The van der Waals surface area contributed by atoms with Gasteiger partial charge in [-0.1, -0.05) is 19.1 Å². The number of allylic oxidation sites excluding steroid dienone is 1. The molecule has 0 amide bonds. The van der Waals surface area contributed by atoms with E-state index in [0.29, 0.717) is 23.3 Å². The first kappa shape index (κ1) is 24.0. The molecule has 0 saturated carbocycles. The summed E-state index contributed by atoms with van der Waals surface area (Å²) < 4.78 is 4.88. The topological polar surface area (TPSA) is 88.6 Å². The average molecular weight is 423 g/mol. The zero-order chi connectivity index (χ0) is 23.3. The van der Waals surface area contributed by atoms with E-state index in [1.54, 1.807) is 25.1 Å². The van der Waals surface area contributed by atoms with Gasteiger partial charge < -0.3 is 9.72 Å². The molecule has 0 saturated heterocycles.